The van der Waals surface area contributed by atoms with Crippen molar-refractivity contribution >= 4 is 23.2 Å². The number of nitrogens with zero attached hydrogens (tertiary/aromatic N) is 2. The van der Waals surface area contributed by atoms with E-state index in [1.54, 1.807) is 19.1 Å². The molecule has 2 rings (SSSR count). The standard InChI is InChI=1S/C16H12N2O4/c1-10-8-13(18-22)16(15(20)9-10)14(19)7-4-11-2-5-12(17-21)6-3-11/h2-9,20H,1H3/b7-4+. The summed E-state index contributed by atoms with van der Waals surface area (Å²) < 4.78 is 0. The molecule has 2 aromatic rings. The van der Waals surface area contributed by atoms with Gasteiger partial charge in [-0.3, -0.25) is 4.79 Å². The van der Waals surface area contributed by atoms with E-state index < -0.39 is 5.78 Å². The fourth-order valence-electron chi connectivity index (χ4n) is 1.97. The molecule has 110 valence electrons. The van der Waals surface area contributed by atoms with Crippen LogP contribution in [0.4, 0.5) is 11.4 Å². The Kier molecular flexibility index (Phi) is 4.53. The number of nitroso groups, excluding NO2 is 2. The van der Waals surface area contributed by atoms with Gasteiger partial charge in [0.15, 0.2) is 5.78 Å². The van der Waals surface area contributed by atoms with E-state index in [0.717, 1.165) is 0 Å². The van der Waals surface area contributed by atoms with Crippen LogP contribution in [0.5, 0.6) is 5.75 Å². The molecule has 0 amide bonds. The first-order chi connectivity index (χ1) is 10.5. The van der Waals surface area contributed by atoms with Crippen molar-refractivity contribution in [1.82, 2.24) is 0 Å². The summed E-state index contributed by atoms with van der Waals surface area (Å²) >= 11 is 0. The molecule has 0 saturated carbocycles. The third kappa shape index (κ3) is 3.29. The minimum absolute atomic E-state index is 0.104. The van der Waals surface area contributed by atoms with Crippen molar-refractivity contribution < 1.29 is 9.90 Å². The number of aryl methyl sites for hydroxylation is 1. The first-order valence-electron chi connectivity index (χ1n) is 6.38. The van der Waals surface area contributed by atoms with Gasteiger partial charge in [0.25, 0.3) is 0 Å². The van der Waals surface area contributed by atoms with Crippen molar-refractivity contribution in [3.8, 4) is 5.75 Å². The Morgan fingerprint density at radius 3 is 2.36 bits per heavy atom. The van der Waals surface area contributed by atoms with Crippen LogP contribution >= 0.6 is 0 Å². The Morgan fingerprint density at radius 2 is 1.77 bits per heavy atom. The van der Waals surface area contributed by atoms with Gasteiger partial charge in [-0.2, -0.15) is 0 Å². The zero-order chi connectivity index (χ0) is 16.1. The van der Waals surface area contributed by atoms with Crippen LogP contribution in [0.25, 0.3) is 6.08 Å². The van der Waals surface area contributed by atoms with Crippen LogP contribution in [0.15, 0.2) is 52.8 Å². The lowest BCUT2D eigenvalue weighted by atomic mass is 10.0. The highest BCUT2D eigenvalue weighted by atomic mass is 16.3. The minimum atomic E-state index is -0.537. The van der Waals surface area contributed by atoms with E-state index in [-0.39, 0.29) is 22.7 Å². The van der Waals surface area contributed by atoms with Crippen molar-refractivity contribution in [3.63, 3.8) is 0 Å². The number of hydrogen-bond donors (Lipinski definition) is 1. The number of aromatic hydroxyl groups is 1. The third-order valence-corrected chi connectivity index (χ3v) is 3.01. The van der Waals surface area contributed by atoms with Crippen LogP contribution in [0.1, 0.15) is 21.5 Å². The first-order valence-corrected chi connectivity index (χ1v) is 6.38. The molecular weight excluding hydrogens is 284 g/mol. The molecule has 0 unspecified atom stereocenters. The number of benzene rings is 2. The second-order valence-corrected chi connectivity index (χ2v) is 4.65. The van der Waals surface area contributed by atoms with Crippen LogP contribution in [0.3, 0.4) is 0 Å². The van der Waals surface area contributed by atoms with Crippen LogP contribution < -0.4 is 0 Å². The molecule has 2 aromatic carbocycles. The Labute approximate surface area is 126 Å². The zero-order valence-corrected chi connectivity index (χ0v) is 11.7. The highest BCUT2D eigenvalue weighted by Crippen LogP contribution is 2.30. The normalized spacial score (nSPS) is 10.6. The van der Waals surface area contributed by atoms with E-state index in [1.165, 1.54) is 36.4 Å². The molecular formula is C16H12N2O4. The van der Waals surface area contributed by atoms with E-state index in [9.17, 15) is 19.7 Å². The predicted molar refractivity (Wildman–Crippen MR) is 83.6 cm³/mol. The van der Waals surface area contributed by atoms with Crippen molar-refractivity contribution in [3.05, 3.63) is 69.0 Å². The summed E-state index contributed by atoms with van der Waals surface area (Å²) in [4.78, 5) is 33.3. The summed E-state index contributed by atoms with van der Waals surface area (Å²) in [5.41, 5.74) is 1.35. The van der Waals surface area contributed by atoms with Gasteiger partial charge in [0, 0.05) is 0 Å². The molecule has 0 bridgehead atoms. The second-order valence-electron chi connectivity index (χ2n) is 4.65. The van der Waals surface area contributed by atoms with E-state index in [2.05, 4.69) is 10.4 Å². The number of ketones is 1. The molecule has 0 aromatic heterocycles. The summed E-state index contributed by atoms with van der Waals surface area (Å²) in [5.74, 6) is -0.825. The summed E-state index contributed by atoms with van der Waals surface area (Å²) in [5, 5.41) is 15.4. The molecule has 0 spiro atoms. The van der Waals surface area contributed by atoms with Crippen LogP contribution in [-0.2, 0) is 0 Å². The largest absolute Gasteiger partial charge is 0.507 e. The van der Waals surface area contributed by atoms with Gasteiger partial charge in [-0.1, -0.05) is 18.2 Å². The van der Waals surface area contributed by atoms with E-state index in [4.69, 9.17) is 0 Å². The average molecular weight is 296 g/mol. The maximum atomic E-state index is 12.1. The fraction of sp³-hybridized carbons (Fsp3) is 0.0625. The number of rotatable bonds is 5. The maximum Gasteiger partial charge on any atom is 0.191 e. The molecule has 6 nitrogen and oxygen atoms in total. The summed E-state index contributed by atoms with van der Waals surface area (Å²) in [6, 6.07) is 9.08. The first kappa shape index (κ1) is 15.2. The molecule has 0 saturated heterocycles. The molecule has 1 N–H and O–H groups in total. The molecule has 0 fully saturated rings. The minimum Gasteiger partial charge on any atom is -0.507 e. The second kappa shape index (κ2) is 6.53. The summed E-state index contributed by atoms with van der Waals surface area (Å²) in [6.07, 6.45) is 2.73. The zero-order valence-electron chi connectivity index (χ0n) is 11.7. The van der Waals surface area contributed by atoms with Crippen molar-refractivity contribution in [1.29, 1.82) is 0 Å². The number of carbonyl (C=O) groups is 1. The number of allylic oxidation sites excluding steroid dienone is 1. The van der Waals surface area contributed by atoms with Gasteiger partial charge in [0.05, 0.1) is 5.56 Å². The van der Waals surface area contributed by atoms with Crippen molar-refractivity contribution in [2.75, 3.05) is 0 Å². The SMILES string of the molecule is Cc1cc(O)c(C(=O)/C=C/c2ccc(N=O)cc2)c(N=O)c1. The Hall–Kier alpha value is -3.15. The maximum absolute atomic E-state index is 12.1. The monoisotopic (exact) mass is 296 g/mol. The highest BCUT2D eigenvalue weighted by molar-refractivity contribution is 6.11. The molecule has 6 heteroatoms. The number of hydrogen-bond acceptors (Lipinski definition) is 6. The van der Waals surface area contributed by atoms with E-state index >= 15 is 0 Å². The van der Waals surface area contributed by atoms with Crippen LogP contribution in [0, 0.1) is 16.7 Å². The summed E-state index contributed by atoms with van der Waals surface area (Å²) in [7, 11) is 0. The number of phenols is 1. The van der Waals surface area contributed by atoms with E-state index in [1.807, 2.05) is 0 Å². The quantitative estimate of drug-likeness (QED) is 0.502. The highest BCUT2D eigenvalue weighted by Gasteiger charge is 2.15. The molecule has 0 aliphatic rings. The van der Waals surface area contributed by atoms with Crippen LogP contribution in [0.2, 0.25) is 0 Å². The fourth-order valence-corrected chi connectivity index (χ4v) is 1.97. The summed E-state index contributed by atoms with van der Waals surface area (Å²) in [6.45, 7) is 1.68. The third-order valence-electron chi connectivity index (χ3n) is 3.01. The van der Waals surface area contributed by atoms with Gasteiger partial charge < -0.3 is 5.11 Å². The Bertz CT molecular complexity index is 764. The molecule has 22 heavy (non-hydrogen) atoms. The smallest absolute Gasteiger partial charge is 0.191 e. The molecule has 0 atom stereocenters. The Morgan fingerprint density at radius 1 is 1.09 bits per heavy atom. The molecule has 0 radical (unpaired) electrons. The number of phenolic OH excluding ortho intramolecular Hbond substituents is 1. The van der Waals surface area contributed by atoms with Gasteiger partial charge in [0.2, 0.25) is 0 Å². The van der Waals surface area contributed by atoms with Gasteiger partial charge in [0.1, 0.15) is 17.1 Å². The van der Waals surface area contributed by atoms with Crippen LogP contribution in [-0.4, -0.2) is 10.9 Å². The molecule has 0 heterocycles. The average Bonchev–Trinajstić information content (AvgIpc) is 2.52. The van der Waals surface area contributed by atoms with Gasteiger partial charge in [-0.15, -0.1) is 9.81 Å². The number of carbonyl (C=O) groups excluding carboxylic acids is 1. The Balaban J connectivity index is 2.30. The van der Waals surface area contributed by atoms with Gasteiger partial charge in [-0.25, -0.2) is 0 Å². The van der Waals surface area contributed by atoms with Crippen molar-refractivity contribution in [2.24, 2.45) is 10.4 Å². The predicted octanol–water partition coefficient (Wildman–Crippen LogP) is 4.39. The lowest BCUT2D eigenvalue weighted by Gasteiger charge is -2.04. The lowest BCUT2D eigenvalue weighted by Crippen LogP contribution is -1.96. The topological polar surface area (TPSA) is 96.2 Å². The lowest BCUT2D eigenvalue weighted by molar-refractivity contribution is 0.104. The molecule has 0 aliphatic carbocycles. The molecule has 0 aliphatic heterocycles. The van der Waals surface area contributed by atoms with Gasteiger partial charge in [-0.05, 0) is 58.7 Å². The van der Waals surface area contributed by atoms with Gasteiger partial charge >= 0.3 is 0 Å². The van der Waals surface area contributed by atoms with Crippen molar-refractivity contribution in [2.45, 2.75) is 6.92 Å². The van der Waals surface area contributed by atoms with E-state index in [0.29, 0.717) is 11.1 Å².